The van der Waals surface area contributed by atoms with E-state index in [1.165, 1.54) is 94.3 Å². The Kier molecular flexibility index (Phi) is 8.13. The molecule has 3 aliphatic carbocycles. The molecule has 0 atom stereocenters. The van der Waals surface area contributed by atoms with E-state index in [9.17, 15) is 0 Å². The third kappa shape index (κ3) is 5.68. The van der Waals surface area contributed by atoms with E-state index in [1.807, 2.05) is 0 Å². The third-order valence-corrected chi connectivity index (χ3v) is 11.0. The van der Waals surface area contributed by atoms with E-state index in [0.29, 0.717) is 0 Å². The minimum Gasteiger partial charge on any atom is -0.310 e. The molecule has 0 bridgehead atoms. The minimum absolute atomic E-state index is 1.04. The largest absolute Gasteiger partial charge is 0.310 e. The number of fused-ring (bicyclic) bond motifs is 6. The van der Waals surface area contributed by atoms with Crippen LogP contribution in [0.25, 0.3) is 49.9 Å². The van der Waals surface area contributed by atoms with Crippen LogP contribution in [-0.2, 0) is 6.42 Å². The Morgan fingerprint density at radius 3 is 1.78 bits per heavy atom. The lowest BCUT2D eigenvalue weighted by Gasteiger charge is -2.29. The van der Waals surface area contributed by atoms with Crippen LogP contribution in [0.3, 0.4) is 0 Å². The van der Waals surface area contributed by atoms with E-state index in [1.54, 1.807) is 0 Å². The molecule has 3 aliphatic rings. The molecular weight excluding hydrogens is 615 g/mol. The quantitative estimate of drug-likeness (QED) is 0.161. The monoisotopic (exact) mass is 657 g/mol. The van der Waals surface area contributed by atoms with Gasteiger partial charge >= 0.3 is 0 Å². The van der Waals surface area contributed by atoms with Gasteiger partial charge in [0.25, 0.3) is 0 Å². The molecule has 0 saturated heterocycles. The Morgan fingerprint density at radius 1 is 0.510 bits per heavy atom. The van der Waals surface area contributed by atoms with Gasteiger partial charge < -0.3 is 4.90 Å². The molecule has 0 aliphatic heterocycles. The SMILES string of the molecule is Cc1ccc(N(c2ccc(C)cc2)c2ccc3c(c2)c2c(c4c(C5=CC=CCC5)cc(-c5ccccc5)c(C5=CC=CCC5)c43)C=CCC2)cc1. The Labute approximate surface area is 302 Å². The van der Waals surface area contributed by atoms with Crippen molar-refractivity contribution in [3.8, 4) is 11.1 Å². The molecule has 1 nitrogen and oxygen atoms in total. The number of hydrogen-bond donors (Lipinski definition) is 0. The summed E-state index contributed by atoms with van der Waals surface area (Å²) in [5.41, 5.74) is 17.2. The predicted molar refractivity (Wildman–Crippen MR) is 221 cm³/mol. The number of benzene rings is 6. The van der Waals surface area contributed by atoms with Crippen LogP contribution in [-0.4, -0.2) is 0 Å². The van der Waals surface area contributed by atoms with Crippen molar-refractivity contribution >= 4 is 55.8 Å². The van der Waals surface area contributed by atoms with Gasteiger partial charge in [0.1, 0.15) is 0 Å². The van der Waals surface area contributed by atoms with Crippen molar-refractivity contribution in [3.63, 3.8) is 0 Å². The number of nitrogens with zero attached hydrogens (tertiary/aromatic N) is 1. The Morgan fingerprint density at radius 2 is 1.14 bits per heavy atom. The molecule has 0 spiro atoms. The first-order valence-corrected chi connectivity index (χ1v) is 18.6. The van der Waals surface area contributed by atoms with E-state index in [0.717, 1.165) is 38.5 Å². The highest BCUT2D eigenvalue weighted by Gasteiger charge is 2.26. The lowest BCUT2D eigenvalue weighted by molar-refractivity contribution is 1.000. The summed E-state index contributed by atoms with van der Waals surface area (Å²) in [5.74, 6) is 0. The molecule has 1 heteroatoms. The highest BCUT2D eigenvalue weighted by molar-refractivity contribution is 6.22. The van der Waals surface area contributed by atoms with Gasteiger partial charge in [-0.2, -0.15) is 0 Å². The molecule has 51 heavy (non-hydrogen) atoms. The Hall–Kier alpha value is -5.66. The van der Waals surface area contributed by atoms with Gasteiger partial charge in [-0.05, 0) is 161 Å². The molecule has 248 valence electrons. The van der Waals surface area contributed by atoms with E-state index >= 15 is 0 Å². The second-order valence-corrected chi connectivity index (χ2v) is 14.3. The fourth-order valence-electron chi connectivity index (χ4n) is 8.45. The Balaban J connectivity index is 1.42. The van der Waals surface area contributed by atoms with Crippen LogP contribution in [0.15, 0.2) is 146 Å². The van der Waals surface area contributed by atoms with Crippen LogP contribution in [0, 0.1) is 13.8 Å². The molecule has 0 amide bonds. The molecule has 9 rings (SSSR count). The normalized spacial score (nSPS) is 15.2. The Bertz CT molecular complexity index is 2400. The number of aryl methyl sites for hydroxylation is 3. The number of hydrogen-bond acceptors (Lipinski definition) is 1. The van der Waals surface area contributed by atoms with E-state index < -0.39 is 0 Å². The van der Waals surface area contributed by atoms with Gasteiger partial charge in [0, 0.05) is 17.1 Å². The van der Waals surface area contributed by atoms with Crippen LogP contribution in [0.5, 0.6) is 0 Å². The van der Waals surface area contributed by atoms with Gasteiger partial charge in [0.05, 0.1) is 0 Å². The van der Waals surface area contributed by atoms with Crippen LogP contribution in [0.2, 0.25) is 0 Å². The van der Waals surface area contributed by atoms with Gasteiger partial charge in [-0.3, -0.25) is 0 Å². The van der Waals surface area contributed by atoms with Crippen LogP contribution in [0.4, 0.5) is 17.1 Å². The first kappa shape index (κ1) is 31.3. The smallest absolute Gasteiger partial charge is 0.0468 e. The van der Waals surface area contributed by atoms with Crippen molar-refractivity contribution in [1.82, 2.24) is 0 Å². The summed E-state index contributed by atoms with van der Waals surface area (Å²) in [6.45, 7) is 4.32. The van der Waals surface area contributed by atoms with E-state index in [4.69, 9.17) is 0 Å². The molecule has 0 unspecified atom stereocenters. The second-order valence-electron chi connectivity index (χ2n) is 14.3. The molecule has 0 saturated carbocycles. The van der Waals surface area contributed by atoms with Crippen molar-refractivity contribution in [2.75, 3.05) is 4.90 Å². The summed E-state index contributed by atoms with van der Waals surface area (Å²) in [5, 5.41) is 5.53. The summed E-state index contributed by atoms with van der Waals surface area (Å²) in [4.78, 5) is 2.42. The highest BCUT2D eigenvalue weighted by Crippen LogP contribution is 2.49. The summed E-state index contributed by atoms with van der Waals surface area (Å²) < 4.78 is 0. The van der Waals surface area contributed by atoms with Gasteiger partial charge in [0.15, 0.2) is 0 Å². The molecule has 0 heterocycles. The van der Waals surface area contributed by atoms with Gasteiger partial charge in [0.2, 0.25) is 0 Å². The zero-order chi connectivity index (χ0) is 34.3. The lowest BCUT2D eigenvalue weighted by Crippen LogP contribution is -2.10. The number of anilines is 3. The molecule has 0 N–H and O–H groups in total. The fraction of sp³-hybridized carbons (Fsp3) is 0.160. The first-order chi connectivity index (χ1) is 25.1. The molecule has 0 aromatic heterocycles. The maximum Gasteiger partial charge on any atom is 0.0468 e. The zero-order valence-electron chi connectivity index (χ0n) is 29.6. The van der Waals surface area contributed by atoms with Crippen molar-refractivity contribution in [2.24, 2.45) is 0 Å². The summed E-state index contributed by atoms with van der Waals surface area (Å²) in [6.07, 6.45) is 25.0. The minimum atomic E-state index is 1.04. The van der Waals surface area contributed by atoms with E-state index in [-0.39, 0.29) is 0 Å². The molecule has 0 fully saturated rings. The predicted octanol–water partition coefficient (Wildman–Crippen LogP) is 14.2. The second kappa shape index (κ2) is 13.2. The maximum atomic E-state index is 2.54. The summed E-state index contributed by atoms with van der Waals surface area (Å²) >= 11 is 0. The van der Waals surface area contributed by atoms with Crippen LogP contribution in [0.1, 0.15) is 65.5 Å². The topological polar surface area (TPSA) is 3.24 Å². The van der Waals surface area contributed by atoms with Crippen molar-refractivity contribution in [2.45, 2.75) is 52.4 Å². The third-order valence-electron chi connectivity index (χ3n) is 11.0. The summed E-state index contributed by atoms with van der Waals surface area (Å²) in [7, 11) is 0. The highest BCUT2D eigenvalue weighted by atomic mass is 15.1. The molecule has 6 aromatic carbocycles. The van der Waals surface area contributed by atoms with Gasteiger partial charge in [-0.1, -0.05) is 120 Å². The van der Waals surface area contributed by atoms with Crippen molar-refractivity contribution in [1.29, 1.82) is 0 Å². The maximum absolute atomic E-state index is 2.54. The molecule has 0 radical (unpaired) electrons. The molecular formula is C50H43N. The van der Waals surface area contributed by atoms with Gasteiger partial charge in [-0.25, -0.2) is 0 Å². The first-order valence-electron chi connectivity index (χ1n) is 18.6. The standard InChI is InChI=1S/C50H43N/c1-34-22-26-39(27-23-34)51(40-28-24-35(2)25-29-40)41-30-31-44-47(32-41)42-20-12-13-21-43(42)49-46(37-16-8-4-9-17-37)33-45(36-14-6-3-7-15-36)48(50(44)49)38-18-10-5-11-19-38/h3-8,10,13-16,18,21-33H,9,11-12,17,19-20H2,1-2H3. The lowest BCUT2D eigenvalue weighted by atomic mass is 9.77. The fourth-order valence-corrected chi connectivity index (χ4v) is 8.45. The van der Waals surface area contributed by atoms with Crippen molar-refractivity contribution < 1.29 is 0 Å². The number of allylic oxidation sites excluding steroid dienone is 9. The summed E-state index contributed by atoms with van der Waals surface area (Å²) in [6, 6.07) is 38.8. The average molecular weight is 658 g/mol. The van der Waals surface area contributed by atoms with E-state index in [2.05, 4.69) is 170 Å². The zero-order valence-corrected chi connectivity index (χ0v) is 29.6. The number of rotatable bonds is 6. The van der Waals surface area contributed by atoms with Crippen LogP contribution < -0.4 is 4.90 Å². The van der Waals surface area contributed by atoms with Crippen LogP contribution >= 0.6 is 0 Å². The average Bonchev–Trinajstić information content (AvgIpc) is 3.20. The van der Waals surface area contributed by atoms with Crippen molar-refractivity contribution in [3.05, 3.63) is 179 Å². The molecule has 6 aromatic rings. The van der Waals surface area contributed by atoms with Gasteiger partial charge in [-0.15, -0.1) is 0 Å².